The van der Waals surface area contributed by atoms with Crippen LogP contribution < -0.4 is 14.8 Å². The summed E-state index contributed by atoms with van der Waals surface area (Å²) in [5.74, 6) is 0.950. The third-order valence-electron chi connectivity index (χ3n) is 2.96. The number of aromatic nitrogens is 2. The first-order valence-corrected chi connectivity index (χ1v) is 8.52. The molecule has 0 unspecified atom stereocenters. The van der Waals surface area contributed by atoms with E-state index in [4.69, 9.17) is 9.47 Å². The third-order valence-corrected chi connectivity index (χ3v) is 3.86. The van der Waals surface area contributed by atoms with Gasteiger partial charge in [0.1, 0.15) is 5.01 Å². The van der Waals surface area contributed by atoms with E-state index in [1.54, 1.807) is 18.2 Å². The maximum atomic E-state index is 12.3. The van der Waals surface area contributed by atoms with Gasteiger partial charge in [0, 0.05) is 12.0 Å². The van der Waals surface area contributed by atoms with E-state index in [1.807, 2.05) is 13.8 Å². The first kappa shape index (κ1) is 17.2. The summed E-state index contributed by atoms with van der Waals surface area (Å²) in [6.07, 6.45) is 1.87. The van der Waals surface area contributed by atoms with Crippen molar-refractivity contribution in [2.45, 2.75) is 33.6 Å². The highest BCUT2D eigenvalue weighted by Gasteiger charge is 2.13. The second-order valence-electron chi connectivity index (χ2n) is 4.73. The van der Waals surface area contributed by atoms with Gasteiger partial charge in [0.2, 0.25) is 5.13 Å². The minimum absolute atomic E-state index is 0.242. The van der Waals surface area contributed by atoms with Gasteiger partial charge in [0.15, 0.2) is 11.5 Å². The van der Waals surface area contributed by atoms with Crippen molar-refractivity contribution in [1.29, 1.82) is 0 Å². The Balaban J connectivity index is 2.12. The van der Waals surface area contributed by atoms with Crippen LogP contribution in [0.4, 0.5) is 5.13 Å². The molecule has 0 aliphatic rings. The number of ether oxygens (including phenoxy) is 2. The lowest BCUT2D eigenvalue weighted by atomic mass is 10.2. The van der Waals surface area contributed by atoms with Gasteiger partial charge in [-0.3, -0.25) is 10.1 Å². The molecule has 0 radical (unpaired) electrons. The van der Waals surface area contributed by atoms with E-state index in [2.05, 4.69) is 22.4 Å². The molecule has 1 heterocycles. The molecule has 23 heavy (non-hydrogen) atoms. The molecule has 1 aromatic heterocycles. The lowest BCUT2D eigenvalue weighted by Crippen LogP contribution is -2.12. The zero-order valence-corrected chi connectivity index (χ0v) is 14.4. The lowest BCUT2D eigenvalue weighted by molar-refractivity contribution is 0.102. The molecule has 0 aliphatic heterocycles. The van der Waals surface area contributed by atoms with E-state index >= 15 is 0 Å². The van der Waals surface area contributed by atoms with Crippen LogP contribution in [0.25, 0.3) is 0 Å². The number of hydrogen-bond acceptors (Lipinski definition) is 6. The highest BCUT2D eigenvalue weighted by Crippen LogP contribution is 2.29. The van der Waals surface area contributed by atoms with E-state index in [1.165, 1.54) is 11.3 Å². The molecular formula is C16H21N3O3S. The van der Waals surface area contributed by atoms with Crippen LogP contribution >= 0.6 is 11.3 Å². The standard InChI is InChI=1S/C16H21N3O3S/c1-4-7-14-18-19-16(23-14)17-15(20)11-8-9-12(21-5-2)13(10-11)22-6-3/h8-10H,4-7H2,1-3H3,(H,17,19,20). The second-order valence-corrected chi connectivity index (χ2v) is 5.79. The summed E-state index contributed by atoms with van der Waals surface area (Å²) in [5.41, 5.74) is 0.490. The summed E-state index contributed by atoms with van der Waals surface area (Å²) in [6, 6.07) is 5.13. The van der Waals surface area contributed by atoms with Crippen molar-refractivity contribution in [2.24, 2.45) is 0 Å². The number of amides is 1. The van der Waals surface area contributed by atoms with E-state index in [0.29, 0.717) is 35.4 Å². The molecule has 0 saturated heterocycles. The van der Waals surface area contributed by atoms with Crippen LogP contribution in [-0.4, -0.2) is 29.3 Å². The molecule has 124 valence electrons. The molecule has 2 aromatic rings. The number of aryl methyl sites for hydroxylation is 1. The molecule has 1 aromatic carbocycles. The fourth-order valence-electron chi connectivity index (χ4n) is 1.98. The molecule has 6 nitrogen and oxygen atoms in total. The highest BCUT2D eigenvalue weighted by molar-refractivity contribution is 7.15. The molecule has 1 N–H and O–H groups in total. The third kappa shape index (κ3) is 4.66. The van der Waals surface area contributed by atoms with Crippen molar-refractivity contribution in [3.63, 3.8) is 0 Å². The number of nitrogens with one attached hydrogen (secondary N) is 1. The van der Waals surface area contributed by atoms with E-state index in [0.717, 1.165) is 17.8 Å². The summed E-state index contributed by atoms with van der Waals surface area (Å²) < 4.78 is 11.0. The van der Waals surface area contributed by atoms with E-state index < -0.39 is 0 Å². The molecule has 1 amide bonds. The molecule has 2 rings (SSSR count). The SMILES string of the molecule is CCCc1nnc(NC(=O)c2ccc(OCC)c(OCC)c2)s1. The molecular weight excluding hydrogens is 314 g/mol. The van der Waals surface area contributed by atoms with Crippen molar-refractivity contribution in [3.05, 3.63) is 28.8 Å². The number of benzene rings is 1. The quantitative estimate of drug-likeness (QED) is 0.799. The number of anilines is 1. The summed E-state index contributed by atoms with van der Waals surface area (Å²) >= 11 is 1.40. The van der Waals surface area contributed by atoms with Gasteiger partial charge in [-0.25, -0.2) is 0 Å². The molecule has 0 atom stereocenters. The van der Waals surface area contributed by atoms with Gasteiger partial charge in [-0.15, -0.1) is 10.2 Å². The Hall–Kier alpha value is -2.15. The van der Waals surface area contributed by atoms with Gasteiger partial charge >= 0.3 is 0 Å². The van der Waals surface area contributed by atoms with Crippen molar-refractivity contribution >= 4 is 22.4 Å². The molecule has 0 saturated carbocycles. The number of hydrogen-bond donors (Lipinski definition) is 1. The zero-order chi connectivity index (χ0) is 16.7. The summed E-state index contributed by atoms with van der Waals surface area (Å²) in [7, 11) is 0. The molecule has 0 bridgehead atoms. The Morgan fingerprint density at radius 1 is 1.13 bits per heavy atom. The van der Waals surface area contributed by atoms with E-state index in [9.17, 15) is 4.79 Å². The Bertz CT molecular complexity index is 658. The van der Waals surface area contributed by atoms with Crippen LogP contribution in [0.5, 0.6) is 11.5 Å². The Morgan fingerprint density at radius 3 is 2.57 bits per heavy atom. The first-order valence-electron chi connectivity index (χ1n) is 7.71. The van der Waals surface area contributed by atoms with Crippen molar-refractivity contribution in [1.82, 2.24) is 10.2 Å². The summed E-state index contributed by atoms with van der Waals surface area (Å²) in [6.45, 7) is 6.91. The average molecular weight is 335 g/mol. The molecule has 0 fully saturated rings. The van der Waals surface area contributed by atoms with Crippen LogP contribution in [0, 0.1) is 0 Å². The van der Waals surface area contributed by atoms with Crippen molar-refractivity contribution in [2.75, 3.05) is 18.5 Å². The first-order chi connectivity index (χ1) is 11.2. The van der Waals surface area contributed by atoms with Crippen LogP contribution in [0.15, 0.2) is 18.2 Å². The normalized spacial score (nSPS) is 10.4. The number of carbonyl (C=O) groups is 1. The maximum Gasteiger partial charge on any atom is 0.257 e. The van der Waals surface area contributed by atoms with Crippen molar-refractivity contribution in [3.8, 4) is 11.5 Å². The predicted molar refractivity (Wildman–Crippen MR) is 90.6 cm³/mol. The number of rotatable bonds is 8. The fourth-order valence-corrected chi connectivity index (χ4v) is 2.82. The van der Waals surface area contributed by atoms with Gasteiger partial charge < -0.3 is 9.47 Å². The Kier molecular flexibility index (Phi) is 6.34. The van der Waals surface area contributed by atoms with Gasteiger partial charge in [-0.2, -0.15) is 0 Å². The van der Waals surface area contributed by atoms with Crippen LogP contribution in [0.2, 0.25) is 0 Å². The van der Waals surface area contributed by atoms with Crippen LogP contribution in [-0.2, 0) is 6.42 Å². The van der Waals surface area contributed by atoms with Gasteiger partial charge in [-0.1, -0.05) is 18.3 Å². The Morgan fingerprint density at radius 2 is 1.87 bits per heavy atom. The molecule has 0 spiro atoms. The van der Waals surface area contributed by atoms with Crippen LogP contribution in [0.3, 0.4) is 0 Å². The number of nitrogens with zero attached hydrogens (tertiary/aromatic N) is 2. The largest absolute Gasteiger partial charge is 0.490 e. The zero-order valence-electron chi connectivity index (χ0n) is 13.6. The van der Waals surface area contributed by atoms with Crippen LogP contribution in [0.1, 0.15) is 42.6 Å². The topological polar surface area (TPSA) is 73.3 Å². The molecule has 7 heteroatoms. The lowest BCUT2D eigenvalue weighted by Gasteiger charge is -2.12. The monoisotopic (exact) mass is 335 g/mol. The number of carbonyl (C=O) groups excluding carboxylic acids is 1. The minimum atomic E-state index is -0.242. The predicted octanol–water partition coefficient (Wildman–Crippen LogP) is 3.54. The maximum absolute atomic E-state index is 12.3. The Labute approximate surface area is 139 Å². The van der Waals surface area contributed by atoms with Gasteiger partial charge in [0.25, 0.3) is 5.91 Å². The minimum Gasteiger partial charge on any atom is -0.490 e. The van der Waals surface area contributed by atoms with Gasteiger partial charge in [0.05, 0.1) is 13.2 Å². The molecule has 0 aliphatic carbocycles. The average Bonchev–Trinajstić information content (AvgIpc) is 2.97. The highest BCUT2D eigenvalue weighted by atomic mass is 32.1. The van der Waals surface area contributed by atoms with E-state index in [-0.39, 0.29) is 5.91 Å². The van der Waals surface area contributed by atoms with Gasteiger partial charge in [-0.05, 0) is 38.5 Å². The summed E-state index contributed by atoms with van der Waals surface area (Å²) in [4.78, 5) is 12.3. The summed E-state index contributed by atoms with van der Waals surface area (Å²) in [5, 5.41) is 12.2. The van der Waals surface area contributed by atoms with Crippen molar-refractivity contribution < 1.29 is 14.3 Å². The fraction of sp³-hybridized carbons (Fsp3) is 0.438. The second kappa shape index (κ2) is 8.47. The smallest absolute Gasteiger partial charge is 0.257 e.